The van der Waals surface area contributed by atoms with Crippen molar-refractivity contribution >= 4 is 21.4 Å². The van der Waals surface area contributed by atoms with Crippen LogP contribution < -0.4 is 4.90 Å². The van der Waals surface area contributed by atoms with E-state index in [0.29, 0.717) is 12.0 Å². The van der Waals surface area contributed by atoms with E-state index in [1.807, 2.05) is 6.07 Å². The highest BCUT2D eigenvalue weighted by molar-refractivity contribution is 7.91. The Balaban J connectivity index is 1.74. The van der Waals surface area contributed by atoms with Gasteiger partial charge in [0, 0.05) is 32.4 Å². The lowest BCUT2D eigenvalue weighted by atomic mass is 10.1. The highest BCUT2D eigenvalue weighted by atomic mass is 32.2. The monoisotopic (exact) mass is 337 g/mol. The molecule has 126 valence electrons. The van der Waals surface area contributed by atoms with Gasteiger partial charge < -0.3 is 9.80 Å². The van der Waals surface area contributed by atoms with Crippen LogP contribution >= 0.6 is 0 Å². The summed E-state index contributed by atoms with van der Waals surface area (Å²) in [6, 6.07) is 1.65. The third-order valence-electron chi connectivity index (χ3n) is 4.77. The van der Waals surface area contributed by atoms with Crippen LogP contribution in [0.2, 0.25) is 0 Å². The molecule has 2 saturated heterocycles. The van der Waals surface area contributed by atoms with Gasteiger partial charge in [-0.1, -0.05) is 0 Å². The van der Waals surface area contributed by atoms with Crippen molar-refractivity contribution in [3.8, 4) is 0 Å². The number of amides is 1. The molecule has 2 aliphatic rings. The third kappa shape index (κ3) is 3.65. The summed E-state index contributed by atoms with van der Waals surface area (Å²) in [6.45, 7) is 1.99. The number of aromatic nitrogens is 1. The van der Waals surface area contributed by atoms with Crippen molar-refractivity contribution in [2.75, 3.05) is 36.5 Å². The number of anilines is 1. The summed E-state index contributed by atoms with van der Waals surface area (Å²) >= 11 is 0. The van der Waals surface area contributed by atoms with Crippen molar-refractivity contribution < 1.29 is 13.2 Å². The molecule has 7 heteroatoms. The van der Waals surface area contributed by atoms with Crippen molar-refractivity contribution in [1.29, 1.82) is 0 Å². The van der Waals surface area contributed by atoms with Crippen LogP contribution in [0, 0.1) is 0 Å². The average molecular weight is 337 g/mol. The van der Waals surface area contributed by atoms with Crippen LogP contribution in [0.3, 0.4) is 0 Å². The molecule has 0 saturated carbocycles. The van der Waals surface area contributed by atoms with E-state index in [2.05, 4.69) is 9.88 Å². The summed E-state index contributed by atoms with van der Waals surface area (Å²) in [5, 5.41) is 0. The molecule has 1 aromatic rings. The lowest BCUT2D eigenvalue weighted by Gasteiger charge is -2.29. The van der Waals surface area contributed by atoms with E-state index in [9.17, 15) is 13.2 Å². The molecule has 1 unspecified atom stereocenters. The Kier molecular flexibility index (Phi) is 4.57. The Labute approximate surface area is 137 Å². The molecule has 0 aromatic carbocycles. The first-order valence-corrected chi connectivity index (χ1v) is 9.96. The number of hydrogen-bond donors (Lipinski definition) is 0. The maximum atomic E-state index is 12.7. The molecule has 23 heavy (non-hydrogen) atoms. The van der Waals surface area contributed by atoms with Crippen LogP contribution in [0.5, 0.6) is 0 Å². The molecule has 2 aliphatic heterocycles. The average Bonchev–Trinajstić information content (AvgIpc) is 2.94. The summed E-state index contributed by atoms with van der Waals surface area (Å²) in [5.41, 5.74) is 1.50. The Morgan fingerprint density at radius 3 is 2.65 bits per heavy atom. The first-order valence-electron chi connectivity index (χ1n) is 8.14. The van der Waals surface area contributed by atoms with Gasteiger partial charge >= 0.3 is 0 Å². The summed E-state index contributed by atoms with van der Waals surface area (Å²) in [4.78, 5) is 20.7. The molecule has 6 nitrogen and oxygen atoms in total. The van der Waals surface area contributed by atoms with Crippen LogP contribution in [-0.4, -0.2) is 61.9 Å². The Hall–Kier alpha value is -1.63. The van der Waals surface area contributed by atoms with Gasteiger partial charge in [0.05, 0.1) is 29.0 Å². The van der Waals surface area contributed by atoms with Gasteiger partial charge in [-0.25, -0.2) is 8.42 Å². The van der Waals surface area contributed by atoms with Gasteiger partial charge in [-0.3, -0.25) is 9.78 Å². The molecule has 0 spiro atoms. The normalized spacial score (nSPS) is 23.7. The summed E-state index contributed by atoms with van der Waals surface area (Å²) in [6.07, 6.45) is 7.46. The molecule has 0 radical (unpaired) electrons. The minimum Gasteiger partial charge on any atom is -0.370 e. The molecular formula is C16H23N3O3S. The molecule has 3 heterocycles. The smallest absolute Gasteiger partial charge is 0.255 e. The van der Waals surface area contributed by atoms with E-state index < -0.39 is 9.84 Å². The van der Waals surface area contributed by atoms with Gasteiger partial charge in [-0.2, -0.15) is 0 Å². The van der Waals surface area contributed by atoms with Gasteiger partial charge in [0.25, 0.3) is 5.91 Å². The number of hydrogen-bond acceptors (Lipinski definition) is 5. The van der Waals surface area contributed by atoms with E-state index in [4.69, 9.17) is 0 Å². The van der Waals surface area contributed by atoms with Gasteiger partial charge in [-0.05, 0) is 31.7 Å². The van der Waals surface area contributed by atoms with Gasteiger partial charge in [-0.15, -0.1) is 0 Å². The quantitative estimate of drug-likeness (QED) is 0.832. The van der Waals surface area contributed by atoms with Crippen LogP contribution in [0.15, 0.2) is 18.5 Å². The number of sulfone groups is 1. The SMILES string of the molecule is CN(C(=O)c1cncc(N2CCCCC2)c1)C1CCS(=O)(=O)C1. The number of piperidine rings is 1. The third-order valence-corrected chi connectivity index (χ3v) is 6.52. The highest BCUT2D eigenvalue weighted by Gasteiger charge is 2.33. The minimum atomic E-state index is -3.00. The number of pyridine rings is 1. The largest absolute Gasteiger partial charge is 0.370 e. The fraction of sp³-hybridized carbons (Fsp3) is 0.625. The molecule has 2 fully saturated rings. The van der Waals surface area contributed by atoms with Gasteiger partial charge in [0.15, 0.2) is 9.84 Å². The molecule has 1 amide bonds. The van der Waals surface area contributed by atoms with E-state index in [1.165, 1.54) is 6.42 Å². The Morgan fingerprint density at radius 2 is 2.00 bits per heavy atom. The van der Waals surface area contributed by atoms with E-state index in [1.54, 1.807) is 24.3 Å². The zero-order valence-electron chi connectivity index (χ0n) is 13.4. The summed E-state index contributed by atoms with van der Waals surface area (Å²) in [5.74, 6) is 0.0778. The first-order chi connectivity index (χ1) is 11.0. The van der Waals surface area contributed by atoms with E-state index in [0.717, 1.165) is 31.6 Å². The van der Waals surface area contributed by atoms with Crippen molar-refractivity contribution in [2.45, 2.75) is 31.7 Å². The minimum absolute atomic E-state index is 0.0640. The lowest BCUT2D eigenvalue weighted by Crippen LogP contribution is -2.38. The predicted octanol–water partition coefficient (Wildman–Crippen LogP) is 1.33. The van der Waals surface area contributed by atoms with Crippen molar-refractivity contribution in [1.82, 2.24) is 9.88 Å². The van der Waals surface area contributed by atoms with Crippen molar-refractivity contribution in [2.24, 2.45) is 0 Å². The molecule has 0 N–H and O–H groups in total. The van der Waals surface area contributed by atoms with Crippen LogP contribution in [-0.2, 0) is 9.84 Å². The van der Waals surface area contributed by atoms with Gasteiger partial charge in [0.2, 0.25) is 0 Å². The Morgan fingerprint density at radius 1 is 1.26 bits per heavy atom. The molecule has 1 atom stereocenters. The number of carbonyl (C=O) groups is 1. The Bertz CT molecular complexity index is 684. The first kappa shape index (κ1) is 16.2. The fourth-order valence-electron chi connectivity index (χ4n) is 3.32. The van der Waals surface area contributed by atoms with Crippen molar-refractivity contribution in [3.63, 3.8) is 0 Å². The van der Waals surface area contributed by atoms with Crippen LogP contribution in [0.25, 0.3) is 0 Å². The zero-order valence-corrected chi connectivity index (χ0v) is 14.3. The van der Waals surface area contributed by atoms with E-state index in [-0.39, 0.29) is 23.5 Å². The van der Waals surface area contributed by atoms with E-state index >= 15 is 0 Å². The highest BCUT2D eigenvalue weighted by Crippen LogP contribution is 2.22. The van der Waals surface area contributed by atoms with Gasteiger partial charge in [0.1, 0.15) is 0 Å². The van der Waals surface area contributed by atoms with Crippen LogP contribution in [0.4, 0.5) is 5.69 Å². The summed E-state index contributed by atoms with van der Waals surface area (Å²) < 4.78 is 23.2. The number of rotatable bonds is 3. The standard InChI is InChI=1S/C16H23N3O3S/c1-18(14-5-8-23(21,22)12-14)16(20)13-9-15(11-17-10-13)19-6-3-2-4-7-19/h9-11,14H,2-8,12H2,1H3. The summed E-state index contributed by atoms with van der Waals surface area (Å²) in [7, 11) is -1.32. The van der Waals surface area contributed by atoms with Crippen molar-refractivity contribution in [3.05, 3.63) is 24.0 Å². The van der Waals surface area contributed by atoms with Crippen LogP contribution in [0.1, 0.15) is 36.0 Å². The number of carbonyl (C=O) groups excluding carboxylic acids is 1. The second kappa shape index (κ2) is 6.47. The zero-order chi connectivity index (χ0) is 16.4. The molecular weight excluding hydrogens is 314 g/mol. The second-order valence-electron chi connectivity index (χ2n) is 6.45. The number of nitrogens with zero attached hydrogens (tertiary/aromatic N) is 3. The predicted molar refractivity (Wildman–Crippen MR) is 89.5 cm³/mol. The maximum Gasteiger partial charge on any atom is 0.255 e. The molecule has 0 aliphatic carbocycles. The lowest BCUT2D eigenvalue weighted by molar-refractivity contribution is 0.0747. The topological polar surface area (TPSA) is 70.6 Å². The molecule has 0 bridgehead atoms. The molecule has 1 aromatic heterocycles. The molecule has 3 rings (SSSR count). The second-order valence-corrected chi connectivity index (χ2v) is 8.68. The maximum absolute atomic E-state index is 12.7. The fourth-order valence-corrected chi connectivity index (χ4v) is 5.09.